The predicted molar refractivity (Wildman–Crippen MR) is 81.3 cm³/mol. The monoisotopic (exact) mass is 290 g/mol. The molecule has 7 nitrogen and oxygen atoms in total. The first-order valence-corrected chi connectivity index (χ1v) is 7.28. The van der Waals surface area contributed by atoms with Crippen LogP contribution in [0.5, 0.6) is 0 Å². The minimum Gasteiger partial charge on any atom is -0.370 e. The van der Waals surface area contributed by atoms with Crippen LogP contribution in [0.3, 0.4) is 0 Å². The van der Waals surface area contributed by atoms with Gasteiger partial charge in [0.1, 0.15) is 17.5 Å². The van der Waals surface area contributed by atoms with Gasteiger partial charge in [0, 0.05) is 25.5 Å². The maximum absolute atomic E-state index is 4.96. The summed E-state index contributed by atoms with van der Waals surface area (Å²) in [7, 11) is 0. The van der Waals surface area contributed by atoms with E-state index in [-0.39, 0.29) is 0 Å². The fraction of sp³-hybridized carbons (Fsp3) is 0.571. The molecule has 0 unspecified atom stereocenters. The Morgan fingerprint density at radius 3 is 2.24 bits per heavy atom. The van der Waals surface area contributed by atoms with Gasteiger partial charge >= 0.3 is 0 Å². The van der Waals surface area contributed by atoms with E-state index in [4.69, 9.17) is 4.52 Å². The molecule has 0 saturated heterocycles. The van der Waals surface area contributed by atoms with E-state index in [0.29, 0.717) is 18.3 Å². The van der Waals surface area contributed by atoms with Crippen molar-refractivity contribution in [3.8, 4) is 0 Å². The number of hydrogen-bond donors (Lipinski definition) is 2. The molecule has 0 fully saturated rings. The van der Waals surface area contributed by atoms with Crippen LogP contribution in [0, 0.1) is 13.8 Å². The summed E-state index contributed by atoms with van der Waals surface area (Å²) in [4.78, 5) is 13.3. The van der Waals surface area contributed by atoms with Gasteiger partial charge in [0.15, 0.2) is 5.82 Å². The van der Waals surface area contributed by atoms with Crippen LogP contribution < -0.4 is 10.6 Å². The zero-order chi connectivity index (χ0) is 15.2. The second-order valence-electron chi connectivity index (χ2n) is 4.83. The minimum absolute atomic E-state index is 0.478. The van der Waals surface area contributed by atoms with Crippen LogP contribution in [0.25, 0.3) is 0 Å². The second kappa shape index (κ2) is 7.01. The molecule has 0 aliphatic rings. The Labute approximate surface area is 124 Å². The van der Waals surface area contributed by atoms with Crippen LogP contribution in [0.1, 0.15) is 43.4 Å². The molecule has 0 aliphatic heterocycles. The fourth-order valence-electron chi connectivity index (χ4n) is 1.99. The zero-order valence-electron chi connectivity index (χ0n) is 13.0. The van der Waals surface area contributed by atoms with Gasteiger partial charge in [-0.05, 0) is 20.3 Å². The van der Waals surface area contributed by atoms with E-state index in [1.54, 1.807) is 6.92 Å². The fourth-order valence-corrected chi connectivity index (χ4v) is 1.99. The lowest BCUT2D eigenvalue weighted by Gasteiger charge is -2.13. The van der Waals surface area contributed by atoms with Gasteiger partial charge in [-0.15, -0.1) is 0 Å². The Morgan fingerprint density at radius 1 is 0.952 bits per heavy atom. The third-order valence-corrected chi connectivity index (χ3v) is 2.99. The number of aromatic nitrogens is 4. The van der Waals surface area contributed by atoms with E-state index >= 15 is 0 Å². The van der Waals surface area contributed by atoms with Crippen molar-refractivity contribution in [2.75, 3.05) is 17.2 Å². The molecule has 2 rings (SSSR count). The summed E-state index contributed by atoms with van der Waals surface area (Å²) < 4.78 is 4.96. The summed E-state index contributed by atoms with van der Waals surface area (Å²) in [5.41, 5.74) is 0.997. The van der Waals surface area contributed by atoms with E-state index in [2.05, 4.69) is 44.6 Å². The Hall–Kier alpha value is -2.18. The summed E-state index contributed by atoms with van der Waals surface area (Å²) in [6.07, 6.45) is 1.87. The van der Waals surface area contributed by atoms with Gasteiger partial charge in [-0.2, -0.15) is 4.98 Å². The summed E-state index contributed by atoms with van der Waals surface area (Å²) in [6.45, 7) is 9.24. The maximum atomic E-state index is 4.96. The number of rotatable bonds is 7. The lowest BCUT2D eigenvalue weighted by Crippen LogP contribution is -2.11. The van der Waals surface area contributed by atoms with E-state index in [9.17, 15) is 0 Å². The Bertz CT molecular complexity index is 595. The van der Waals surface area contributed by atoms with Crippen molar-refractivity contribution < 1.29 is 4.52 Å². The number of anilines is 2. The molecule has 2 heterocycles. The number of nitrogens with one attached hydrogen (secondary N) is 2. The molecule has 2 aromatic heterocycles. The number of hydrogen-bond acceptors (Lipinski definition) is 7. The molecule has 0 aromatic carbocycles. The highest BCUT2D eigenvalue weighted by molar-refractivity contribution is 5.57. The summed E-state index contributed by atoms with van der Waals surface area (Å²) >= 11 is 0. The zero-order valence-corrected chi connectivity index (χ0v) is 13.0. The van der Waals surface area contributed by atoms with Crippen molar-refractivity contribution in [3.05, 3.63) is 23.1 Å². The second-order valence-corrected chi connectivity index (χ2v) is 4.83. The van der Waals surface area contributed by atoms with Crippen molar-refractivity contribution in [2.45, 2.75) is 47.1 Å². The third kappa shape index (κ3) is 3.90. The van der Waals surface area contributed by atoms with Gasteiger partial charge in [0.2, 0.25) is 5.89 Å². The highest BCUT2D eigenvalue weighted by Gasteiger charge is 2.11. The topological polar surface area (TPSA) is 88.8 Å². The van der Waals surface area contributed by atoms with Gasteiger partial charge < -0.3 is 15.2 Å². The van der Waals surface area contributed by atoms with E-state index in [0.717, 1.165) is 42.4 Å². The summed E-state index contributed by atoms with van der Waals surface area (Å²) in [6, 6.07) is 0. The molecule has 7 heteroatoms. The third-order valence-electron chi connectivity index (χ3n) is 2.99. The predicted octanol–water partition coefficient (Wildman–Crippen LogP) is 2.47. The molecule has 21 heavy (non-hydrogen) atoms. The van der Waals surface area contributed by atoms with Crippen molar-refractivity contribution in [3.63, 3.8) is 0 Å². The Kier molecular flexibility index (Phi) is 5.08. The molecule has 2 N–H and O–H groups in total. The lowest BCUT2D eigenvalue weighted by atomic mass is 10.2. The Morgan fingerprint density at radius 2 is 1.67 bits per heavy atom. The molecule has 0 saturated carbocycles. The van der Waals surface area contributed by atoms with Gasteiger partial charge in [0.05, 0.1) is 6.54 Å². The molecule has 0 spiro atoms. The first-order valence-electron chi connectivity index (χ1n) is 7.28. The normalized spacial score (nSPS) is 10.7. The highest BCUT2D eigenvalue weighted by atomic mass is 16.5. The largest absolute Gasteiger partial charge is 0.370 e. The van der Waals surface area contributed by atoms with Gasteiger partial charge in [-0.1, -0.05) is 12.1 Å². The average molecular weight is 290 g/mol. The van der Waals surface area contributed by atoms with E-state index in [1.165, 1.54) is 0 Å². The highest BCUT2D eigenvalue weighted by Crippen LogP contribution is 2.21. The average Bonchev–Trinajstić information content (AvgIpc) is 2.87. The molecule has 114 valence electrons. The van der Waals surface area contributed by atoms with Crippen molar-refractivity contribution >= 4 is 11.6 Å². The van der Waals surface area contributed by atoms with Crippen LogP contribution >= 0.6 is 0 Å². The van der Waals surface area contributed by atoms with Crippen molar-refractivity contribution in [2.24, 2.45) is 0 Å². The molecule has 0 amide bonds. The van der Waals surface area contributed by atoms with Crippen molar-refractivity contribution in [1.82, 2.24) is 20.1 Å². The molecular weight excluding hydrogens is 268 g/mol. The van der Waals surface area contributed by atoms with E-state index < -0.39 is 0 Å². The van der Waals surface area contributed by atoms with Gasteiger partial charge in [-0.25, -0.2) is 9.97 Å². The van der Waals surface area contributed by atoms with Crippen LogP contribution in [-0.2, 0) is 13.0 Å². The molecule has 2 aromatic rings. The quantitative estimate of drug-likeness (QED) is 0.809. The van der Waals surface area contributed by atoms with Crippen LogP contribution in [0.15, 0.2) is 4.52 Å². The van der Waals surface area contributed by atoms with Crippen molar-refractivity contribution in [1.29, 1.82) is 0 Å². The van der Waals surface area contributed by atoms with Crippen LogP contribution in [0.2, 0.25) is 0 Å². The molecule has 0 radical (unpaired) electrons. The van der Waals surface area contributed by atoms with Crippen LogP contribution in [-0.4, -0.2) is 26.7 Å². The first kappa shape index (κ1) is 15.2. The molecule has 0 bridgehead atoms. The number of aryl methyl sites for hydroxylation is 2. The first-order chi connectivity index (χ1) is 10.1. The van der Waals surface area contributed by atoms with E-state index in [1.807, 2.05) is 6.92 Å². The summed E-state index contributed by atoms with van der Waals surface area (Å²) in [5, 5.41) is 10.4. The SMILES string of the molecule is CCCc1nc(NCC)c(C)c(NCc2noc(C)n2)n1. The smallest absolute Gasteiger partial charge is 0.223 e. The van der Waals surface area contributed by atoms with Gasteiger partial charge in [-0.3, -0.25) is 0 Å². The maximum Gasteiger partial charge on any atom is 0.223 e. The standard InChI is InChI=1S/C14H22N6O/c1-5-7-11-18-13(15-6-2)9(3)14(19-11)16-8-12-17-10(4)21-20-12/h5-8H2,1-4H3,(H2,15,16,18,19). The lowest BCUT2D eigenvalue weighted by molar-refractivity contribution is 0.388. The van der Waals surface area contributed by atoms with Crippen LogP contribution in [0.4, 0.5) is 11.6 Å². The Balaban J connectivity index is 2.19. The minimum atomic E-state index is 0.478. The molecule has 0 atom stereocenters. The number of nitrogens with zero attached hydrogens (tertiary/aromatic N) is 4. The molecular formula is C14H22N6O. The molecule has 0 aliphatic carbocycles. The summed E-state index contributed by atoms with van der Waals surface area (Å²) in [5.74, 6) is 3.71. The van der Waals surface area contributed by atoms with Gasteiger partial charge in [0.25, 0.3) is 0 Å².